The van der Waals surface area contributed by atoms with Crippen LogP contribution in [0.15, 0.2) is 10.5 Å². The second-order valence-electron chi connectivity index (χ2n) is 3.10. The molecule has 0 spiro atoms. The van der Waals surface area contributed by atoms with Crippen LogP contribution in [-0.4, -0.2) is 14.6 Å². The van der Waals surface area contributed by atoms with Gasteiger partial charge in [0.25, 0.3) is 0 Å². The summed E-state index contributed by atoms with van der Waals surface area (Å²) in [6.07, 6.45) is -4.52. The van der Waals surface area contributed by atoms with Crippen LogP contribution in [0.3, 0.4) is 0 Å². The maximum Gasteiger partial charge on any atom is 0.433 e. The molecule has 0 bridgehead atoms. The van der Waals surface area contributed by atoms with Crippen molar-refractivity contribution < 1.29 is 13.2 Å². The average molecular weight is 314 g/mol. The molecule has 0 aliphatic heterocycles. The fourth-order valence-electron chi connectivity index (χ4n) is 1.21. The fourth-order valence-corrected chi connectivity index (χ4v) is 1.76. The van der Waals surface area contributed by atoms with Gasteiger partial charge in [-0.2, -0.15) is 18.3 Å². The van der Waals surface area contributed by atoms with E-state index in [1.54, 1.807) is 6.92 Å². The summed E-state index contributed by atoms with van der Waals surface area (Å²) in [6, 6.07) is 0.743. The van der Waals surface area contributed by atoms with Crippen molar-refractivity contribution in [2.24, 2.45) is 0 Å². The Hall–Kier alpha value is -0.820. The lowest BCUT2D eigenvalue weighted by Crippen LogP contribution is -2.09. The van der Waals surface area contributed by atoms with Crippen LogP contribution in [0.2, 0.25) is 5.15 Å². The van der Waals surface area contributed by atoms with E-state index in [-0.39, 0.29) is 10.8 Å². The number of alkyl halides is 3. The van der Waals surface area contributed by atoms with E-state index in [0.717, 1.165) is 10.6 Å². The summed E-state index contributed by atoms with van der Waals surface area (Å²) in [7, 11) is 0. The topological polar surface area (TPSA) is 30.2 Å². The number of aryl methyl sites for hydroxylation is 1. The van der Waals surface area contributed by atoms with E-state index < -0.39 is 11.9 Å². The highest BCUT2D eigenvalue weighted by molar-refractivity contribution is 9.10. The van der Waals surface area contributed by atoms with Crippen LogP contribution >= 0.6 is 27.5 Å². The third-order valence-corrected chi connectivity index (χ3v) is 3.14. The van der Waals surface area contributed by atoms with Crippen molar-refractivity contribution >= 4 is 33.2 Å². The van der Waals surface area contributed by atoms with Gasteiger partial charge in [0.2, 0.25) is 0 Å². The van der Waals surface area contributed by atoms with E-state index in [9.17, 15) is 13.2 Å². The number of fused-ring (bicyclic) bond motifs is 1. The molecule has 0 N–H and O–H groups in total. The predicted octanol–water partition coefficient (Wildman–Crippen LogP) is 3.47. The van der Waals surface area contributed by atoms with Gasteiger partial charge in [0.05, 0.1) is 10.2 Å². The maximum atomic E-state index is 12.5. The second-order valence-corrected chi connectivity index (χ2v) is 4.28. The first-order valence-electron chi connectivity index (χ1n) is 4.09. The number of hydrogen-bond acceptors (Lipinski definition) is 2. The monoisotopic (exact) mass is 313 g/mol. The summed E-state index contributed by atoms with van der Waals surface area (Å²) in [4.78, 5) is 3.47. The lowest BCUT2D eigenvalue weighted by Gasteiger charge is -2.06. The molecular formula is C8H4BrClF3N3. The zero-order valence-electron chi connectivity index (χ0n) is 7.81. The van der Waals surface area contributed by atoms with Crippen molar-refractivity contribution in [3.8, 4) is 0 Å². The Balaban J connectivity index is 2.80. The maximum absolute atomic E-state index is 12.5. The highest BCUT2D eigenvalue weighted by Gasteiger charge is 2.34. The molecular weight excluding hydrogens is 310 g/mol. The van der Waals surface area contributed by atoms with Crippen LogP contribution in [0.1, 0.15) is 11.4 Å². The van der Waals surface area contributed by atoms with Gasteiger partial charge >= 0.3 is 6.18 Å². The first kappa shape index (κ1) is 11.7. The van der Waals surface area contributed by atoms with E-state index in [2.05, 4.69) is 26.0 Å². The van der Waals surface area contributed by atoms with Crippen molar-refractivity contribution in [3.63, 3.8) is 0 Å². The molecule has 2 aromatic rings. The standard InChI is InChI=1S/C8H4BrClF3N3/c1-3-6(9)7-14-4(8(11,12)13)2-5(10)16(7)15-3/h2H,1H3. The zero-order valence-corrected chi connectivity index (χ0v) is 10.2. The molecule has 2 aromatic heterocycles. The van der Waals surface area contributed by atoms with Gasteiger partial charge in [0.15, 0.2) is 5.65 Å². The summed E-state index contributed by atoms with van der Waals surface area (Å²) in [5.74, 6) is 0. The van der Waals surface area contributed by atoms with Gasteiger partial charge in [-0.1, -0.05) is 11.6 Å². The van der Waals surface area contributed by atoms with E-state index in [1.165, 1.54) is 0 Å². The van der Waals surface area contributed by atoms with Crippen molar-refractivity contribution in [2.75, 3.05) is 0 Å². The number of halogens is 5. The molecule has 0 aromatic carbocycles. The minimum Gasteiger partial charge on any atom is -0.223 e. The molecule has 0 atom stereocenters. The van der Waals surface area contributed by atoms with Crippen molar-refractivity contribution in [1.29, 1.82) is 0 Å². The Labute approximate surface area is 101 Å². The van der Waals surface area contributed by atoms with Crippen molar-refractivity contribution in [1.82, 2.24) is 14.6 Å². The van der Waals surface area contributed by atoms with Crippen LogP contribution in [0.25, 0.3) is 5.65 Å². The number of hydrogen-bond donors (Lipinski definition) is 0. The summed E-state index contributed by atoms with van der Waals surface area (Å²) < 4.78 is 39.0. The normalized spacial score (nSPS) is 12.4. The van der Waals surface area contributed by atoms with Gasteiger partial charge < -0.3 is 0 Å². The van der Waals surface area contributed by atoms with Gasteiger partial charge in [-0.05, 0) is 22.9 Å². The molecule has 0 fully saturated rings. The molecule has 16 heavy (non-hydrogen) atoms. The zero-order chi connectivity index (χ0) is 12.1. The lowest BCUT2D eigenvalue weighted by molar-refractivity contribution is -0.141. The Morgan fingerprint density at radius 1 is 1.44 bits per heavy atom. The molecule has 0 saturated carbocycles. The van der Waals surface area contributed by atoms with Crippen molar-refractivity contribution in [2.45, 2.75) is 13.1 Å². The summed E-state index contributed by atoms with van der Waals surface area (Å²) in [5.41, 5.74) is -0.461. The fraction of sp³-hybridized carbons (Fsp3) is 0.250. The van der Waals surface area contributed by atoms with Gasteiger partial charge in [0, 0.05) is 6.07 Å². The Morgan fingerprint density at radius 3 is 2.62 bits per heavy atom. The van der Waals surface area contributed by atoms with E-state index in [4.69, 9.17) is 11.6 Å². The summed E-state index contributed by atoms with van der Waals surface area (Å²) in [6.45, 7) is 1.64. The lowest BCUT2D eigenvalue weighted by atomic mass is 10.4. The molecule has 0 unspecified atom stereocenters. The SMILES string of the molecule is Cc1nn2c(Cl)cc(C(F)(F)F)nc2c1Br. The predicted molar refractivity (Wildman–Crippen MR) is 55.4 cm³/mol. The number of nitrogens with zero attached hydrogens (tertiary/aromatic N) is 3. The Kier molecular flexibility index (Phi) is 2.62. The highest BCUT2D eigenvalue weighted by Crippen LogP contribution is 2.32. The van der Waals surface area contributed by atoms with E-state index in [1.807, 2.05) is 0 Å². The molecule has 86 valence electrons. The molecule has 0 radical (unpaired) electrons. The van der Waals surface area contributed by atoms with E-state index in [0.29, 0.717) is 10.2 Å². The minimum absolute atomic E-state index is 0.0531. The molecule has 0 aliphatic carbocycles. The molecule has 0 saturated heterocycles. The van der Waals surface area contributed by atoms with E-state index >= 15 is 0 Å². The van der Waals surface area contributed by atoms with Crippen LogP contribution in [0.5, 0.6) is 0 Å². The smallest absolute Gasteiger partial charge is 0.223 e. The second kappa shape index (κ2) is 3.59. The van der Waals surface area contributed by atoms with Crippen LogP contribution in [-0.2, 0) is 6.18 Å². The molecule has 2 rings (SSSR count). The van der Waals surface area contributed by atoms with Gasteiger partial charge in [-0.25, -0.2) is 9.50 Å². The molecule has 8 heteroatoms. The van der Waals surface area contributed by atoms with Crippen LogP contribution in [0.4, 0.5) is 13.2 Å². The molecule has 0 aliphatic rings. The number of rotatable bonds is 0. The first-order chi connectivity index (χ1) is 7.30. The summed E-state index contributed by atoms with van der Waals surface area (Å²) >= 11 is 8.81. The van der Waals surface area contributed by atoms with Crippen LogP contribution < -0.4 is 0 Å². The van der Waals surface area contributed by atoms with Crippen LogP contribution in [0, 0.1) is 6.92 Å². The third-order valence-electron chi connectivity index (χ3n) is 1.94. The quantitative estimate of drug-likeness (QED) is 0.697. The average Bonchev–Trinajstić information content (AvgIpc) is 2.44. The Bertz CT molecular complexity index is 564. The van der Waals surface area contributed by atoms with Gasteiger partial charge in [-0.15, -0.1) is 0 Å². The van der Waals surface area contributed by atoms with Gasteiger partial charge in [-0.3, -0.25) is 0 Å². The molecule has 0 amide bonds. The third kappa shape index (κ3) is 1.78. The first-order valence-corrected chi connectivity index (χ1v) is 5.26. The highest BCUT2D eigenvalue weighted by atomic mass is 79.9. The van der Waals surface area contributed by atoms with Gasteiger partial charge in [0.1, 0.15) is 10.8 Å². The van der Waals surface area contributed by atoms with Crippen molar-refractivity contribution in [3.05, 3.63) is 27.1 Å². The Morgan fingerprint density at radius 2 is 2.06 bits per heavy atom. The number of aromatic nitrogens is 3. The minimum atomic E-state index is -4.52. The molecule has 3 nitrogen and oxygen atoms in total. The summed E-state index contributed by atoms with van der Waals surface area (Å²) in [5, 5.41) is 3.81. The molecule has 2 heterocycles. The largest absolute Gasteiger partial charge is 0.433 e.